The van der Waals surface area contributed by atoms with E-state index in [0.29, 0.717) is 24.4 Å². The van der Waals surface area contributed by atoms with Gasteiger partial charge in [0.1, 0.15) is 5.75 Å². The zero-order valence-electron chi connectivity index (χ0n) is 18.5. The van der Waals surface area contributed by atoms with Gasteiger partial charge in [-0.2, -0.15) is 4.72 Å². The fourth-order valence-electron chi connectivity index (χ4n) is 3.46. The van der Waals surface area contributed by atoms with Gasteiger partial charge in [-0.15, -0.1) is 0 Å². The van der Waals surface area contributed by atoms with E-state index in [1.807, 2.05) is 60.7 Å². The number of sulfonamides is 1. The van der Waals surface area contributed by atoms with Crippen molar-refractivity contribution >= 4 is 15.9 Å². The third-order valence-electron chi connectivity index (χ3n) is 5.12. The van der Waals surface area contributed by atoms with Crippen LogP contribution in [0.3, 0.4) is 0 Å². The average molecular weight is 453 g/mol. The summed E-state index contributed by atoms with van der Waals surface area (Å²) in [7, 11) is -2.35. The first kappa shape index (κ1) is 23.5. The smallest absolute Gasteiger partial charge is 0.241 e. The maximum atomic E-state index is 13.3. The highest BCUT2D eigenvalue weighted by Crippen LogP contribution is 2.21. The molecule has 0 aliphatic heterocycles. The number of ether oxygens (including phenoxy) is 1. The summed E-state index contributed by atoms with van der Waals surface area (Å²) < 4.78 is 33.6. The summed E-state index contributed by atoms with van der Waals surface area (Å²) in [6.07, 6.45) is 0. The van der Waals surface area contributed by atoms with Crippen LogP contribution in [-0.2, 0) is 27.9 Å². The monoisotopic (exact) mass is 452 g/mol. The molecule has 3 aromatic rings. The number of carbonyl (C=O) groups excluding carboxylic acids is 1. The van der Waals surface area contributed by atoms with E-state index < -0.39 is 16.1 Å². The Kier molecular flexibility index (Phi) is 7.66. The van der Waals surface area contributed by atoms with Gasteiger partial charge >= 0.3 is 0 Å². The Hall–Kier alpha value is -3.16. The molecule has 32 heavy (non-hydrogen) atoms. The number of aryl methyl sites for hydroxylation is 1. The minimum absolute atomic E-state index is 0.0909. The minimum atomic E-state index is -3.88. The van der Waals surface area contributed by atoms with Crippen LogP contribution in [0.5, 0.6) is 5.75 Å². The number of hydrogen-bond acceptors (Lipinski definition) is 4. The standard InChI is InChI=1S/C25H28N2O4S/c1-19-16-23(14-15-24(19)31-3)32(29,30)26-20(2)25(28)27(17-21-10-6-4-7-11-21)18-22-12-8-5-9-13-22/h4-16,20,26H,17-18H2,1-3H3/t20-/m1/s1. The summed E-state index contributed by atoms with van der Waals surface area (Å²) in [5.74, 6) is 0.302. The summed E-state index contributed by atoms with van der Waals surface area (Å²) in [6.45, 7) is 4.09. The number of nitrogens with zero attached hydrogens (tertiary/aromatic N) is 1. The van der Waals surface area contributed by atoms with Crippen molar-refractivity contribution in [2.45, 2.75) is 37.9 Å². The van der Waals surface area contributed by atoms with Crippen LogP contribution in [0.25, 0.3) is 0 Å². The van der Waals surface area contributed by atoms with Crippen LogP contribution in [0.2, 0.25) is 0 Å². The highest BCUT2D eigenvalue weighted by molar-refractivity contribution is 7.89. The molecule has 3 aromatic carbocycles. The number of amides is 1. The fourth-order valence-corrected chi connectivity index (χ4v) is 4.74. The molecule has 0 aromatic heterocycles. The van der Waals surface area contributed by atoms with Gasteiger partial charge in [0, 0.05) is 13.1 Å². The SMILES string of the molecule is COc1ccc(S(=O)(=O)N[C@H](C)C(=O)N(Cc2ccccc2)Cc2ccccc2)cc1C. The molecule has 168 valence electrons. The first-order chi connectivity index (χ1) is 15.3. The van der Waals surface area contributed by atoms with Crippen molar-refractivity contribution < 1.29 is 17.9 Å². The van der Waals surface area contributed by atoms with E-state index in [2.05, 4.69) is 4.72 Å². The number of carbonyl (C=O) groups is 1. The topological polar surface area (TPSA) is 75.7 Å². The molecule has 0 unspecified atom stereocenters. The molecular formula is C25H28N2O4S. The van der Waals surface area contributed by atoms with Crippen LogP contribution in [0, 0.1) is 6.92 Å². The molecule has 0 aliphatic carbocycles. The van der Waals surface area contributed by atoms with E-state index in [4.69, 9.17) is 4.74 Å². The van der Waals surface area contributed by atoms with Gasteiger partial charge in [0.15, 0.2) is 0 Å². The average Bonchev–Trinajstić information content (AvgIpc) is 2.79. The second-order valence-corrected chi connectivity index (χ2v) is 9.35. The maximum Gasteiger partial charge on any atom is 0.241 e. The van der Waals surface area contributed by atoms with E-state index in [0.717, 1.165) is 11.1 Å². The molecule has 0 radical (unpaired) electrons. The lowest BCUT2D eigenvalue weighted by Gasteiger charge is -2.26. The van der Waals surface area contributed by atoms with Gasteiger partial charge in [-0.05, 0) is 48.7 Å². The number of rotatable bonds is 9. The molecule has 6 nitrogen and oxygen atoms in total. The van der Waals surface area contributed by atoms with Crippen molar-refractivity contribution in [3.05, 3.63) is 95.6 Å². The lowest BCUT2D eigenvalue weighted by molar-refractivity contribution is -0.133. The lowest BCUT2D eigenvalue weighted by Crippen LogP contribution is -2.46. The number of nitrogens with one attached hydrogen (secondary N) is 1. The van der Waals surface area contributed by atoms with Crippen molar-refractivity contribution in [3.63, 3.8) is 0 Å². The van der Waals surface area contributed by atoms with Gasteiger partial charge in [-0.3, -0.25) is 4.79 Å². The van der Waals surface area contributed by atoms with Crippen molar-refractivity contribution in [2.75, 3.05) is 7.11 Å². The van der Waals surface area contributed by atoms with Crippen LogP contribution in [-0.4, -0.2) is 32.4 Å². The molecule has 0 saturated heterocycles. The summed E-state index contributed by atoms with van der Waals surface area (Å²) in [4.78, 5) is 15.1. The van der Waals surface area contributed by atoms with Crippen LogP contribution in [0.15, 0.2) is 83.8 Å². The third-order valence-corrected chi connectivity index (χ3v) is 6.66. The van der Waals surface area contributed by atoms with Gasteiger partial charge < -0.3 is 9.64 Å². The van der Waals surface area contributed by atoms with E-state index in [9.17, 15) is 13.2 Å². The highest BCUT2D eigenvalue weighted by Gasteiger charge is 2.26. The van der Waals surface area contributed by atoms with E-state index >= 15 is 0 Å². The Morgan fingerprint density at radius 2 is 1.47 bits per heavy atom. The van der Waals surface area contributed by atoms with Crippen LogP contribution >= 0.6 is 0 Å². The van der Waals surface area contributed by atoms with Crippen molar-refractivity contribution in [2.24, 2.45) is 0 Å². The molecule has 1 N–H and O–H groups in total. The molecule has 0 bridgehead atoms. The quantitative estimate of drug-likeness (QED) is 0.534. The molecule has 7 heteroatoms. The van der Waals surface area contributed by atoms with E-state index in [1.165, 1.54) is 19.2 Å². The number of hydrogen-bond donors (Lipinski definition) is 1. The Morgan fingerprint density at radius 1 is 0.938 bits per heavy atom. The van der Waals surface area contributed by atoms with Gasteiger partial charge in [0.05, 0.1) is 18.0 Å². The zero-order chi connectivity index (χ0) is 23.1. The molecule has 1 amide bonds. The number of benzene rings is 3. The molecule has 0 aliphatic rings. The lowest BCUT2D eigenvalue weighted by atomic mass is 10.1. The van der Waals surface area contributed by atoms with Gasteiger partial charge in [-0.25, -0.2) is 8.42 Å². The Balaban J connectivity index is 1.80. The largest absolute Gasteiger partial charge is 0.496 e. The van der Waals surface area contributed by atoms with Gasteiger partial charge in [0.2, 0.25) is 15.9 Å². The molecule has 0 heterocycles. The van der Waals surface area contributed by atoms with Gasteiger partial charge in [-0.1, -0.05) is 60.7 Å². The van der Waals surface area contributed by atoms with Crippen molar-refractivity contribution in [1.82, 2.24) is 9.62 Å². The summed E-state index contributed by atoms with van der Waals surface area (Å²) in [5, 5.41) is 0. The first-order valence-electron chi connectivity index (χ1n) is 10.3. The fraction of sp³-hybridized carbons (Fsp3) is 0.240. The Morgan fingerprint density at radius 3 is 1.94 bits per heavy atom. The Bertz CT molecular complexity index is 1110. The molecule has 0 saturated carbocycles. The second-order valence-electron chi connectivity index (χ2n) is 7.64. The molecule has 1 atom stereocenters. The zero-order valence-corrected chi connectivity index (χ0v) is 19.3. The van der Waals surface area contributed by atoms with Crippen molar-refractivity contribution in [3.8, 4) is 5.75 Å². The maximum absolute atomic E-state index is 13.3. The predicted octanol–water partition coefficient (Wildman–Crippen LogP) is 3.90. The second kappa shape index (κ2) is 10.4. The third kappa shape index (κ3) is 5.96. The molecule has 3 rings (SSSR count). The van der Waals surface area contributed by atoms with Crippen LogP contribution in [0.4, 0.5) is 0 Å². The Labute approximate surface area is 189 Å². The molecular weight excluding hydrogens is 424 g/mol. The summed E-state index contributed by atoms with van der Waals surface area (Å²) in [6, 6.07) is 22.9. The number of methoxy groups -OCH3 is 1. The molecule has 0 spiro atoms. The van der Waals surface area contributed by atoms with E-state index in [-0.39, 0.29) is 10.8 Å². The van der Waals surface area contributed by atoms with Crippen LogP contribution < -0.4 is 9.46 Å². The summed E-state index contributed by atoms with van der Waals surface area (Å²) >= 11 is 0. The first-order valence-corrected chi connectivity index (χ1v) is 11.8. The summed E-state index contributed by atoms with van der Waals surface area (Å²) in [5.41, 5.74) is 2.64. The van der Waals surface area contributed by atoms with Crippen molar-refractivity contribution in [1.29, 1.82) is 0 Å². The normalized spacial score (nSPS) is 12.2. The van der Waals surface area contributed by atoms with Gasteiger partial charge in [0.25, 0.3) is 0 Å². The van der Waals surface area contributed by atoms with E-state index in [1.54, 1.807) is 24.8 Å². The minimum Gasteiger partial charge on any atom is -0.496 e. The molecule has 0 fully saturated rings. The predicted molar refractivity (Wildman–Crippen MR) is 125 cm³/mol. The van der Waals surface area contributed by atoms with Crippen LogP contribution in [0.1, 0.15) is 23.6 Å². The highest BCUT2D eigenvalue weighted by atomic mass is 32.2.